The van der Waals surface area contributed by atoms with Crippen LogP contribution in [0, 0.1) is 0 Å². The van der Waals surface area contributed by atoms with Gasteiger partial charge in [-0.1, -0.05) is 12.1 Å². The van der Waals surface area contributed by atoms with E-state index in [0.717, 1.165) is 49.0 Å². The molecule has 2 heterocycles. The lowest BCUT2D eigenvalue weighted by molar-refractivity contribution is 0.100. The van der Waals surface area contributed by atoms with Crippen LogP contribution < -0.4 is 26.0 Å². The predicted octanol–water partition coefficient (Wildman–Crippen LogP) is 3.38. The van der Waals surface area contributed by atoms with Crippen LogP contribution in [0.25, 0.3) is 0 Å². The van der Waals surface area contributed by atoms with Crippen LogP contribution in [0.4, 0.5) is 22.9 Å². The summed E-state index contributed by atoms with van der Waals surface area (Å²) >= 11 is 0. The summed E-state index contributed by atoms with van der Waals surface area (Å²) in [5.41, 5.74) is 9.58. The highest BCUT2D eigenvalue weighted by Gasteiger charge is 2.13. The monoisotopic (exact) mass is 433 g/mol. The Morgan fingerprint density at radius 1 is 1.16 bits per heavy atom. The van der Waals surface area contributed by atoms with Crippen molar-refractivity contribution in [2.75, 3.05) is 48.9 Å². The molecule has 0 unspecified atom stereocenters. The normalized spacial score (nSPS) is 13.5. The van der Waals surface area contributed by atoms with E-state index in [1.165, 1.54) is 6.20 Å². The second-order valence-electron chi connectivity index (χ2n) is 7.46. The van der Waals surface area contributed by atoms with E-state index in [9.17, 15) is 4.79 Å². The minimum Gasteiger partial charge on any atom is -0.497 e. The fourth-order valence-electron chi connectivity index (χ4n) is 3.57. The van der Waals surface area contributed by atoms with E-state index in [1.807, 2.05) is 36.4 Å². The summed E-state index contributed by atoms with van der Waals surface area (Å²) in [4.78, 5) is 18.5. The SMILES string of the molecule is COc1cccc(CNc2cc(Nc3ccc(N4CCOCC4)cc3)ncc2C(N)=O)c1. The highest BCUT2D eigenvalue weighted by atomic mass is 16.5. The zero-order chi connectivity index (χ0) is 22.3. The molecule has 1 fully saturated rings. The summed E-state index contributed by atoms with van der Waals surface area (Å²) < 4.78 is 10.7. The van der Waals surface area contributed by atoms with Gasteiger partial charge < -0.3 is 30.7 Å². The standard InChI is InChI=1S/C24H27N5O3/c1-31-20-4-2-3-17(13-20)15-26-22-14-23(27-16-21(22)24(25)30)28-18-5-7-19(8-6-18)29-9-11-32-12-10-29/h2-8,13-14,16H,9-12,15H2,1H3,(H2,25,30)(H2,26,27,28). The van der Waals surface area contributed by atoms with E-state index < -0.39 is 5.91 Å². The summed E-state index contributed by atoms with van der Waals surface area (Å²) in [6.45, 7) is 3.80. The molecule has 1 aromatic heterocycles. The van der Waals surface area contributed by atoms with Gasteiger partial charge in [-0.05, 0) is 42.0 Å². The molecule has 1 aliphatic rings. The van der Waals surface area contributed by atoms with Crippen molar-refractivity contribution < 1.29 is 14.3 Å². The van der Waals surface area contributed by atoms with Gasteiger partial charge in [-0.3, -0.25) is 4.79 Å². The molecule has 32 heavy (non-hydrogen) atoms. The van der Waals surface area contributed by atoms with Crippen LogP contribution in [0.3, 0.4) is 0 Å². The molecule has 0 bridgehead atoms. The van der Waals surface area contributed by atoms with E-state index >= 15 is 0 Å². The second kappa shape index (κ2) is 10.0. The molecular weight excluding hydrogens is 406 g/mol. The van der Waals surface area contributed by atoms with Crippen molar-refractivity contribution in [3.8, 4) is 5.75 Å². The van der Waals surface area contributed by atoms with Crippen molar-refractivity contribution in [3.63, 3.8) is 0 Å². The number of rotatable bonds is 8. The van der Waals surface area contributed by atoms with Gasteiger partial charge in [-0.15, -0.1) is 0 Å². The van der Waals surface area contributed by atoms with Gasteiger partial charge in [0, 0.05) is 43.3 Å². The van der Waals surface area contributed by atoms with Crippen LogP contribution in [-0.4, -0.2) is 44.3 Å². The molecule has 4 rings (SSSR count). The molecule has 0 atom stereocenters. The first-order valence-electron chi connectivity index (χ1n) is 10.5. The molecule has 3 aromatic rings. The van der Waals surface area contributed by atoms with E-state index in [2.05, 4.69) is 32.7 Å². The van der Waals surface area contributed by atoms with Crippen molar-refractivity contribution in [1.29, 1.82) is 0 Å². The van der Waals surface area contributed by atoms with Crippen molar-refractivity contribution in [3.05, 3.63) is 71.9 Å². The first-order valence-corrected chi connectivity index (χ1v) is 10.5. The Balaban J connectivity index is 1.47. The Bertz CT molecular complexity index is 1070. The van der Waals surface area contributed by atoms with Crippen LogP contribution in [0.1, 0.15) is 15.9 Å². The molecule has 8 heteroatoms. The number of hydrogen-bond donors (Lipinski definition) is 3. The molecule has 166 valence electrons. The average molecular weight is 434 g/mol. The molecule has 0 saturated carbocycles. The Hall–Kier alpha value is -3.78. The van der Waals surface area contributed by atoms with Crippen LogP contribution in [0.15, 0.2) is 60.8 Å². The number of carbonyl (C=O) groups excluding carboxylic acids is 1. The third-order valence-electron chi connectivity index (χ3n) is 5.30. The highest BCUT2D eigenvalue weighted by Crippen LogP contribution is 2.25. The van der Waals surface area contributed by atoms with Gasteiger partial charge in [-0.25, -0.2) is 4.98 Å². The molecule has 1 saturated heterocycles. The number of morpholine rings is 1. The van der Waals surface area contributed by atoms with E-state index in [-0.39, 0.29) is 0 Å². The lowest BCUT2D eigenvalue weighted by Crippen LogP contribution is -2.36. The number of aromatic nitrogens is 1. The van der Waals surface area contributed by atoms with Crippen LogP contribution in [0.2, 0.25) is 0 Å². The molecule has 4 N–H and O–H groups in total. The van der Waals surface area contributed by atoms with Gasteiger partial charge in [0.2, 0.25) is 0 Å². The maximum absolute atomic E-state index is 11.9. The zero-order valence-electron chi connectivity index (χ0n) is 18.0. The number of methoxy groups -OCH3 is 1. The number of anilines is 4. The first-order chi connectivity index (χ1) is 15.6. The molecular formula is C24H27N5O3. The maximum Gasteiger partial charge on any atom is 0.252 e. The van der Waals surface area contributed by atoms with Gasteiger partial charge in [0.25, 0.3) is 5.91 Å². The maximum atomic E-state index is 11.9. The Morgan fingerprint density at radius 2 is 1.94 bits per heavy atom. The van der Waals surface area contributed by atoms with Crippen LogP contribution in [-0.2, 0) is 11.3 Å². The topological polar surface area (TPSA) is 102 Å². The Labute approximate surface area is 187 Å². The number of primary amides is 1. The largest absolute Gasteiger partial charge is 0.497 e. The number of nitrogens with one attached hydrogen (secondary N) is 2. The number of pyridine rings is 1. The zero-order valence-corrected chi connectivity index (χ0v) is 18.0. The average Bonchev–Trinajstić information content (AvgIpc) is 2.84. The second-order valence-corrected chi connectivity index (χ2v) is 7.46. The van der Waals surface area contributed by atoms with Gasteiger partial charge in [0.1, 0.15) is 11.6 Å². The van der Waals surface area contributed by atoms with Gasteiger partial charge in [0.05, 0.1) is 31.6 Å². The molecule has 0 aliphatic carbocycles. The van der Waals surface area contributed by atoms with Crippen molar-refractivity contribution in [2.45, 2.75) is 6.54 Å². The molecule has 1 amide bonds. The number of hydrogen-bond acceptors (Lipinski definition) is 7. The predicted molar refractivity (Wildman–Crippen MR) is 126 cm³/mol. The van der Waals surface area contributed by atoms with Gasteiger partial charge >= 0.3 is 0 Å². The van der Waals surface area contributed by atoms with Crippen molar-refractivity contribution in [2.24, 2.45) is 5.73 Å². The fourth-order valence-corrected chi connectivity index (χ4v) is 3.57. The first kappa shape index (κ1) is 21.5. The number of nitrogens with two attached hydrogens (primary N) is 1. The third kappa shape index (κ3) is 5.28. The number of ether oxygens (including phenoxy) is 2. The van der Waals surface area contributed by atoms with E-state index in [4.69, 9.17) is 15.2 Å². The lowest BCUT2D eigenvalue weighted by Gasteiger charge is -2.28. The minimum atomic E-state index is -0.535. The lowest BCUT2D eigenvalue weighted by atomic mass is 10.1. The Kier molecular flexibility index (Phi) is 6.72. The molecule has 1 aliphatic heterocycles. The summed E-state index contributed by atoms with van der Waals surface area (Å²) in [6.07, 6.45) is 1.49. The number of nitrogens with zero attached hydrogens (tertiary/aromatic N) is 2. The quantitative estimate of drug-likeness (QED) is 0.501. The minimum absolute atomic E-state index is 0.334. The fraction of sp³-hybridized carbons (Fsp3) is 0.250. The molecule has 0 spiro atoms. The number of benzene rings is 2. The molecule has 0 radical (unpaired) electrons. The smallest absolute Gasteiger partial charge is 0.252 e. The number of amides is 1. The van der Waals surface area contributed by atoms with E-state index in [0.29, 0.717) is 23.6 Å². The molecule has 2 aromatic carbocycles. The van der Waals surface area contributed by atoms with Crippen molar-refractivity contribution in [1.82, 2.24) is 4.98 Å². The van der Waals surface area contributed by atoms with E-state index in [1.54, 1.807) is 13.2 Å². The van der Waals surface area contributed by atoms with Crippen LogP contribution in [0.5, 0.6) is 5.75 Å². The van der Waals surface area contributed by atoms with Crippen molar-refractivity contribution >= 4 is 28.8 Å². The summed E-state index contributed by atoms with van der Waals surface area (Å²) in [5.74, 6) is 0.853. The Morgan fingerprint density at radius 3 is 2.66 bits per heavy atom. The van der Waals surface area contributed by atoms with Gasteiger partial charge in [-0.2, -0.15) is 0 Å². The summed E-state index contributed by atoms with van der Waals surface area (Å²) in [6, 6.07) is 17.7. The number of carbonyl (C=O) groups is 1. The third-order valence-corrected chi connectivity index (χ3v) is 5.30. The van der Waals surface area contributed by atoms with Crippen LogP contribution >= 0.6 is 0 Å². The highest BCUT2D eigenvalue weighted by molar-refractivity contribution is 5.98. The molecule has 8 nitrogen and oxygen atoms in total. The summed E-state index contributed by atoms with van der Waals surface area (Å²) in [7, 11) is 1.63. The summed E-state index contributed by atoms with van der Waals surface area (Å²) in [5, 5.41) is 6.58. The van der Waals surface area contributed by atoms with Gasteiger partial charge in [0.15, 0.2) is 0 Å².